The number of likely N-dealkylation sites (N-methyl/N-ethyl adjacent to an activating group) is 1. The zero-order chi connectivity index (χ0) is 14.1. The molecule has 0 spiro atoms. The van der Waals surface area contributed by atoms with Crippen molar-refractivity contribution in [2.45, 2.75) is 51.9 Å². The Morgan fingerprint density at radius 2 is 1.58 bits per heavy atom. The van der Waals surface area contributed by atoms with Crippen LogP contribution in [0.5, 0.6) is 0 Å². The molecule has 0 atom stereocenters. The van der Waals surface area contributed by atoms with Gasteiger partial charge in [-0.1, -0.05) is 32.6 Å². The van der Waals surface area contributed by atoms with E-state index in [1.165, 1.54) is 71.1 Å². The number of rotatable bonds is 8. The molecule has 1 aliphatic rings. The molecular weight excluding hydrogens is 252 g/mol. The molecule has 0 amide bonds. The molecule has 1 aliphatic carbocycles. The molecule has 1 fully saturated rings. The summed E-state index contributed by atoms with van der Waals surface area (Å²) in [6, 6.07) is 0. The van der Waals surface area contributed by atoms with Crippen molar-refractivity contribution in [3.8, 4) is 0 Å². The van der Waals surface area contributed by atoms with Crippen molar-refractivity contribution in [2.24, 2.45) is 5.41 Å². The lowest BCUT2D eigenvalue weighted by Crippen LogP contribution is -2.42. The van der Waals surface area contributed by atoms with Crippen LogP contribution >= 0.6 is 12.6 Å². The number of nitrogens with zero attached hydrogens (tertiary/aromatic N) is 2. The molecule has 0 radical (unpaired) electrons. The Labute approximate surface area is 126 Å². The highest BCUT2D eigenvalue weighted by molar-refractivity contribution is 7.80. The van der Waals surface area contributed by atoms with Gasteiger partial charge in [-0.15, -0.1) is 0 Å². The number of thiol groups is 1. The minimum Gasteiger partial charge on any atom is -0.308 e. The molecule has 0 N–H and O–H groups in total. The lowest BCUT2D eigenvalue weighted by Gasteiger charge is -2.37. The van der Waals surface area contributed by atoms with E-state index in [0.29, 0.717) is 5.41 Å². The first-order valence-corrected chi connectivity index (χ1v) is 8.73. The third-order valence-electron chi connectivity index (χ3n) is 4.46. The molecule has 114 valence electrons. The zero-order valence-corrected chi connectivity index (χ0v) is 14.2. The monoisotopic (exact) mass is 286 g/mol. The summed E-state index contributed by atoms with van der Waals surface area (Å²) in [5.41, 5.74) is 0.487. The second kappa shape index (κ2) is 9.25. The Morgan fingerprint density at radius 1 is 0.947 bits per heavy atom. The normalized spacial score (nSPS) is 19.9. The SMILES string of the molecule is CCCN(CCN(C)C)CC1(CS)CCCCCC1. The Balaban J connectivity index is 2.56. The third-order valence-corrected chi connectivity index (χ3v) is 5.13. The largest absolute Gasteiger partial charge is 0.308 e. The van der Waals surface area contributed by atoms with Crippen LogP contribution in [-0.4, -0.2) is 55.8 Å². The van der Waals surface area contributed by atoms with E-state index in [9.17, 15) is 0 Å². The Kier molecular flexibility index (Phi) is 8.43. The Hall–Kier alpha value is 0.270. The zero-order valence-electron chi connectivity index (χ0n) is 13.3. The van der Waals surface area contributed by atoms with E-state index >= 15 is 0 Å². The minimum absolute atomic E-state index is 0.487. The third kappa shape index (κ3) is 6.50. The smallest absolute Gasteiger partial charge is 0.0109 e. The van der Waals surface area contributed by atoms with Gasteiger partial charge in [0.2, 0.25) is 0 Å². The lowest BCUT2D eigenvalue weighted by atomic mass is 9.81. The van der Waals surface area contributed by atoms with Crippen LogP contribution in [0.3, 0.4) is 0 Å². The summed E-state index contributed by atoms with van der Waals surface area (Å²) in [6.45, 7) is 7.17. The minimum atomic E-state index is 0.487. The molecule has 1 rings (SSSR count). The molecule has 0 aromatic heterocycles. The van der Waals surface area contributed by atoms with E-state index < -0.39 is 0 Å². The fourth-order valence-corrected chi connectivity index (χ4v) is 3.66. The van der Waals surface area contributed by atoms with E-state index in [0.717, 1.165) is 5.75 Å². The summed E-state index contributed by atoms with van der Waals surface area (Å²) in [4.78, 5) is 4.98. The van der Waals surface area contributed by atoms with Crippen LogP contribution in [0.2, 0.25) is 0 Å². The van der Waals surface area contributed by atoms with Crippen LogP contribution in [0.15, 0.2) is 0 Å². The van der Waals surface area contributed by atoms with Gasteiger partial charge in [-0.05, 0) is 51.1 Å². The fourth-order valence-electron chi connectivity index (χ4n) is 3.25. The van der Waals surface area contributed by atoms with Gasteiger partial charge in [0.15, 0.2) is 0 Å². The maximum atomic E-state index is 4.71. The molecule has 0 aliphatic heterocycles. The molecular formula is C16H34N2S. The van der Waals surface area contributed by atoms with E-state index in [-0.39, 0.29) is 0 Å². The molecule has 3 heteroatoms. The lowest BCUT2D eigenvalue weighted by molar-refractivity contribution is 0.141. The van der Waals surface area contributed by atoms with Crippen molar-refractivity contribution >= 4 is 12.6 Å². The van der Waals surface area contributed by atoms with Crippen LogP contribution in [0.1, 0.15) is 51.9 Å². The molecule has 0 heterocycles. The molecule has 0 unspecified atom stereocenters. The van der Waals surface area contributed by atoms with Crippen LogP contribution < -0.4 is 0 Å². The molecule has 1 saturated carbocycles. The van der Waals surface area contributed by atoms with Gasteiger partial charge in [0.1, 0.15) is 0 Å². The van der Waals surface area contributed by atoms with E-state index in [1.54, 1.807) is 0 Å². The van der Waals surface area contributed by atoms with Gasteiger partial charge in [0.25, 0.3) is 0 Å². The van der Waals surface area contributed by atoms with E-state index in [2.05, 4.69) is 30.8 Å². The van der Waals surface area contributed by atoms with E-state index in [1.807, 2.05) is 0 Å². The molecule has 19 heavy (non-hydrogen) atoms. The standard InChI is InChI=1S/C16H34N2S/c1-4-11-18(13-12-17(2)3)14-16(15-19)9-7-5-6-8-10-16/h19H,4-15H2,1-3H3. The summed E-state index contributed by atoms with van der Waals surface area (Å²) in [5.74, 6) is 1.06. The quantitative estimate of drug-likeness (QED) is 0.539. The fraction of sp³-hybridized carbons (Fsp3) is 1.00. The molecule has 0 aromatic carbocycles. The highest BCUT2D eigenvalue weighted by atomic mass is 32.1. The Bertz CT molecular complexity index is 223. The molecule has 0 saturated heterocycles. The van der Waals surface area contributed by atoms with Crippen molar-refractivity contribution in [1.29, 1.82) is 0 Å². The topological polar surface area (TPSA) is 6.48 Å². The van der Waals surface area contributed by atoms with Gasteiger partial charge in [0, 0.05) is 19.6 Å². The predicted molar refractivity (Wildman–Crippen MR) is 89.3 cm³/mol. The van der Waals surface area contributed by atoms with Gasteiger partial charge in [0.05, 0.1) is 0 Å². The number of hydrogen-bond acceptors (Lipinski definition) is 3. The Morgan fingerprint density at radius 3 is 2.05 bits per heavy atom. The molecule has 2 nitrogen and oxygen atoms in total. The van der Waals surface area contributed by atoms with Gasteiger partial charge in [-0.25, -0.2) is 0 Å². The predicted octanol–water partition coefficient (Wildman–Crippen LogP) is 3.53. The van der Waals surface area contributed by atoms with Crippen molar-refractivity contribution in [1.82, 2.24) is 9.80 Å². The van der Waals surface area contributed by atoms with Gasteiger partial charge in [-0.3, -0.25) is 0 Å². The maximum Gasteiger partial charge on any atom is 0.0109 e. The number of hydrogen-bond donors (Lipinski definition) is 1. The average molecular weight is 287 g/mol. The molecule has 0 bridgehead atoms. The second-order valence-corrected chi connectivity index (χ2v) is 6.97. The first kappa shape index (κ1) is 17.3. The highest BCUT2D eigenvalue weighted by Crippen LogP contribution is 2.36. The maximum absolute atomic E-state index is 4.71. The first-order chi connectivity index (χ1) is 9.12. The summed E-state index contributed by atoms with van der Waals surface area (Å²) in [5, 5.41) is 0. The summed E-state index contributed by atoms with van der Waals surface area (Å²) >= 11 is 4.71. The van der Waals surface area contributed by atoms with Crippen LogP contribution in [0.4, 0.5) is 0 Å². The van der Waals surface area contributed by atoms with Gasteiger partial charge < -0.3 is 9.80 Å². The van der Waals surface area contributed by atoms with Crippen molar-refractivity contribution < 1.29 is 0 Å². The van der Waals surface area contributed by atoms with Crippen molar-refractivity contribution in [3.05, 3.63) is 0 Å². The van der Waals surface area contributed by atoms with E-state index in [4.69, 9.17) is 12.6 Å². The van der Waals surface area contributed by atoms with Crippen LogP contribution in [0.25, 0.3) is 0 Å². The van der Waals surface area contributed by atoms with Crippen molar-refractivity contribution in [2.75, 3.05) is 46.0 Å². The second-order valence-electron chi connectivity index (χ2n) is 6.65. The highest BCUT2D eigenvalue weighted by Gasteiger charge is 2.31. The van der Waals surface area contributed by atoms with Gasteiger partial charge >= 0.3 is 0 Å². The summed E-state index contributed by atoms with van der Waals surface area (Å²) in [7, 11) is 4.34. The van der Waals surface area contributed by atoms with Crippen molar-refractivity contribution in [3.63, 3.8) is 0 Å². The summed E-state index contributed by atoms with van der Waals surface area (Å²) in [6.07, 6.45) is 9.72. The summed E-state index contributed by atoms with van der Waals surface area (Å²) < 4.78 is 0. The first-order valence-electron chi connectivity index (χ1n) is 8.10. The molecule has 0 aromatic rings. The van der Waals surface area contributed by atoms with Crippen LogP contribution in [0, 0.1) is 5.41 Å². The van der Waals surface area contributed by atoms with Crippen LogP contribution in [-0.2, 0) is 0 Å². The average Bonchev–Trinajstić information content (AvgIpc) is 2.62. The van der Waals surface area contributed by atoms with Gasteiger partial charge in [-0.2, -0.15) is 12.6 Å².